The predicted octanol–water partition coefficient (Wildman–Crippen LogP) is 0.771. The van der Waals surface area contributed by atoms with Gasteiger partial charge in [0.25, 0.3) is 9.70 Å². The number of nitrogens with one attached hydrogen (secondary N) is 1. The first-order valence-corrected chi connectivity index (χ1v) is 8.38. The fraction of sp³-hybridized carbons (Fsp3) is 0.533. The van der Waals surface area contributed by atoms with Crippen LogP contribution in [-0.4, -0.2) is 56.0 Å². The van der Waals surface area contributed by atoms with Crippen LogP contribution in [0.1, 0.15) is 5.56 Å². The van der Waals surface area contributed by atoms with Gasteiger partial charge in [-0.2, -0.15) is 0 Å². The Hall–Kier alpha value is -0.600. The molecule has 0 aliphatic heterocycles. The predicted molar refractivity (Wildman–Crippen MR) is 89.8 cm³/mol. The highest BCUT2D eigenvalue weighted by Gasteiger charge is 2.50. The molecule has 4 N–H and O–H groups in total. The van der Waals surface area contributed by atoms with Gasteiger partial charge in [0, 0.05) is 5.92 Å². The number of hydrogen-bond donors (Lipinski definition) is 4. The third kappa shape index (κ3) is 4.73. The average Bonchev–Trinajstić information content (AvgIpc) is 2.73. The molecule has 1 aliphatic carbocycles. The van der Waals surface area contributed by atoms with Crippen LogP contribution in [-0.2, 0) is 16.1 Å². The molecule has 0 saturated heterocycles. The summed E-state index contributed by atoms with van der Waals surface area (Å²) < 4.78 is 3.32. The van der Waals surface area contributed by atoms with Crippen molar-refractivity contribution in [1.29, 1.82) is 0 Å². The minimum Gasteiger partial charge on any atom is -0.390 e. The molecule has 0 aromatic heterocycles. The molecule has 1 fully saturated rings. The van der Waals surface area contributed by atoms with Crippen molar-refractivity contribution < 1.29 is 24.9 Å². The van der Waals surface area contributed by atoms with Crippen molar-refractivity contribution in [2.75, 3.05) is 6.61 Å². The van der Waals surface area contributed by atoms with E-state index in [-0.39, 0.29) is 13.2 Å². The van der Waals surface area contributed by atoms with E-state index in [4.69, 9.17) is 39.5 Å². The van der Waals surface area contributed by atoms with Crippen molar-refractivity contribution in [1.82, 2.24) is 5.32 Å². The van der Waals surface area contributed by atoms with Crippen LogP contribution in [0.25, 0.3) is 0 Å². The maximum absolute atomic E-state index is 11.8. The number of benzene rings is 1. The van der Waals surface area contributed by atoms with Crippen LogP contribution in [0.2, 0.25) is 0 Å². The Kier molecular flexibility index (Phi) is 6.73. The van der Waals surface area contributed by atoms with Gasteiger partial charge >= 0.3 is 0 Å². The SMILES string of the molecule is O=C(N[C@@H]1[C@@H](O)[C@H](O)[C@H](O)[C@H]1COCc1ccccc1)C(Cl)(Cl)Cl. The van der Waals surface area contributed by atoms with Crippen LogP contribution >= 0.6 is 34.8 Å². The van der Waals surface area contributed by atoms with Gasteiger partial charge in [0.15, 0.2) is 0 Å². The van der Waals surface area contributed by atoms with Crippen molar-refractivity contribution >= 4 is 40.7 Å². The molecular weight excluding hydrogens is 381 g/mol. The van der Waals surface area contributed by atoms with E-state index in [1.807, 2.05) is 30.3 Å². The second-order valence-electron chi connectivity index (χ2n) is 5.63. The van der Waals surface area contributed by atoms with Crippen molar-refractivity contribution in [2.24, 2.45) is 5.92 Å². The Morgan fingerprint density at radius 1 is 1.08 bits per heavy atom. The summed E-state index contributed by atoms with van der Waals surface area (Å²) in [6.07, 6.45) is -4.12. The van der Waals surface area contributed by atoms with Gasteiger partial charge in [-0.1, -0.05) is 65.1 Å². The highest BCUT2D eigenvalue weighted by Crippen LogP contribution is 2.31. The van der Waals surface area contributed by atoms with Gasteiger partial charge in [0.1, 0.15) is 12.2 Å². The van der Waals surface area contributed by atoms with Crippen LogP contribution in [0.15, 0.2) is 30.3 Å². The Labute approximate surface area is 154 Å². The molecule has 1 aromatic rings. The van der Waals surface area contributed by atoms with Crippen LogP contribution in [0.5, 0.6) is 0 Å². The first-order chi connectivity index (χ1) is 11.2. The van der Waals surface area contributed by atoms with Crippen molar-refractivity contribution in [3.63, 3.8) is 0 Å². The second-order valence-corrected chi connectivity index (χ2v) is 7.91. The summed E-state index contributed by atoms with van der Waals surface area (Å²) in [5, 5.41) is 32.3. The number of ether oxygens (including phenoxy) is 1. The molecule has 0 spiro atoms. The monoisotopic (exact) mass is 397 g/mol. The molecule has 0 radical (unpaired) electrons. The Morgan fingerprint density at radius 3 is 2.29 bits per heavy atom. The molecule has 1 aliphatic rings. The number of alkyl halides is 3. The number of aliphatic hydroxyl groups is 3. The van der Waals surface area contributed by atoms with E-state index in [1.165, 1.54) is 0 Å². The lowest BCUT2D eigenvalue weighted by Gasteiger charge is -2.25. The lowest BCUT2D eigenvalue weighted by atomic mass is 10.0. The van der Waals surface area contributed by atoms with Gasteiger partial charge in [-0.25, -0.2) is 0 Å². The highest BCUT2D eigenvalue weighted by atomic mass is 35.6. The zero-order valence-corrected chi connectivity index (χ0v) is 14.7. The van der Waals surface area contributed by atoms with E-state index in [2.05, 4.69) is 5.32 Å². The van der Waals surface area contributed by atoms with Gasteiger partial charge in [-0.15, -0.1) is 0 Å². The minimum atomic E-state index is -2.21. The molecule has 0 bridgehead atoms. The molecule has 24 heavy (non-hydrogen) atoms. The van der Waals surface area contributed by atoms with Crippen LogP contribution in [0.4, 0.5) is 0 Å². The summed E-state index contributed by atoms with van der Waals surface area (Å²) >= 11 is 16.5. The molecule has 134 valence electrons. The lowest BCUT2D eigenvalue weighted by molar-refractivity contribution is -0.122. The fourth-order valence-corrected chi connectivity index (χ4v) is 2.81. The van der Waals surface area contributed by atoms with Gasteiger partial charge in [-0.3, -0.25) is 4.79 Å². The van der Waals surface area contributed by atoms with Crippen LogP contribution in [0.3, 0.4) is 0 Å². The average molecular weight is 399 g/mol. The van der Waals surface area contributed by atoms with Crippen LogP contribution < -0.4 is 5.32 Å². The topological polar surface area (TPSA) is 99.0 Å². The third-order valence-corrected chi connectivity index (χ3v) is 4.46. The molecule has 1 aromatic carbocycles. The van der Waals surface area contributed by atoms with Crippen molar-refractivity contribution in [2.45, 2.75) is 34.8 Å². The Morgan fingerprint density at radius 2 is 1.71 bits per heavy atom. The summed E-state index contributed by atoms with van der Waals surface area (Å²) in [5.41, 5.74) is 0.924. The first-order valence-electron chi connectivity index (χ1n) is 7.25. The summed E-state index contributed by atoms with van der Waals surface area (Å²) in [4.78, 5) is 11.8. The molecule has 5 atom stereocenters. The van der Waals surface area contributed by atoms with E-state index >= 15 is 0 Å². The number of rotatable bonds is 5. The van der Waals surface area contributed by atoms with Crippen molar-refractivity contribution in [3.05, 3.63) is 35.9 Å². The normalized spacial score (nSPS) is 30.3. The number of halogens is 3. The molecule has 9 heteroatoms. The van der Waals surface area contributed by atoms with Gasteiger partial charge < -0.3 is 25.4 Å². The van der Waals surface area contributed by atoms with Gasteiger partial charge in [0.2, 0.25) is 0 Å². The molecule has 1 amide bonds. The van der Waals surface area contributed by atoms with E-state index in [0.29, 0.717) is 0 Å². The number of aliphatic hydroxyl groups excluding tert-OH is 3. The summed E-state index contributed by atoms with van der Waals surface area (Å²) in [6, 6.07) is 8.34. The smallest absolute Gasteiger partial charge is 0.272 e. The van der Waals surface area contributed by atoms with Gasteiger partial charge in [-0.05, 0) is 5.56 Å². The Balaban J connectivity index is 1.99. The summed E-state index contributed by atoms with van der Waals surface area (Å²) in [5.74, 6) is -1.71. The molecule has 1 saturated carbocycles. The van der Waals surface area contributed by atoms with Crippen LogP contribution in [0, 0.1) is 5.92 Å². The molecule has 0 unspecified atom stereocenters. The van der Waals surface area contributed by atoms with E-state index in [9.17, 15) is 20.1 Å². The largest absolute Gasteiger partial charge is 0.390 e. The van der Waals surface area contributed by atoms with E-state index in [1.54, 1.807) is 0 Å². The molecule has 2 rings (SSSR count). The number of amides is 1. The first kappa shape index (κ1) is 19.7. The van der Waals surface area contributed by atoms with E-state index in [0.717, 1.165) is 5.56 Å². The third-order valence-electron chi connectivity index (χ3n) is 3.94. The zero-order chi connectivity index (χ0) is 17.9. The van der Waals surface area contributed by atoms with Gasteiger partial charge in [0.05, 0.1) is 25.4 Å². The van der Waals surface area contributed by atoms with Crippen molar-refractivity contribution in [3.8, 4) is 0 Å². The maximum atomic E-state index is 11.8. The maximum Gasteiger partial charge on any atom is 0.272 e. The fourth-order valence-electron chi connectivity index (χ4n) is 2.65. The number of carbonyl (C=O) groups is 1. The molecular formula is C15H18Cl3NO5. The zero-order valence-electron chi connectivity index (χ0n) is 12.5. The highest BCUT2D eigenvalue weighted by molar-refractivity contribution is 6.76. The Bertz CT molecular complexity index is 554. The summed E-state index contributed by atoms with van der Waals surface area (Å²) in [7, 11) is 0. The number of hydrogen-bond acceptors (Lipinski definition) is 5. The number of carbonyl (C=O) groups excluding carboxylic acids is 1. The summed E-state index contributed by atoms with van der Waals surface area (Å²) in [6.45, 7) is 0.274. The lowest BCUT2D eigenvalue weighted by Crippen LogP contribution is -2.50. The standard InChI is InChI=1S/C15H18Cl3NO5/c16-15(17,18)14(23)19-10-9(11(20)13(22)12(10)21)7-24-6-8-4-2-1-3-5-8/h1-5,9-13,20-22H,6-7H2,(H,19,23)/t9-,10-,11+,12+,13+/m0/s1. The quantitative estimate of drug-likeness (QED) is 0.549. The second kappa shape index (κ2) is 8.19. The van der Waals surface area contributed by atoms with E-state index < -0.39 is 40.0 Å². The molecule has 6 nitrogen and oxygen atoms in total. The molecule has 0 heterocycles. The minimum absolute atomic E-state index is 0.00498.